The Morgan fingerprint density at radius 2 is 1.65 bits per heavy atom. The van der Waals surface area contributed by atoms with Gasteiger partial charge in [-0.2, -0.15) is 5.26 Å². The SMILES string of the molecule is N#CC1=C(Cl)Oc2c(ccc3ccccc23)C1c1ccccc1. The summed E-state index contributed by atoms with van der Waals surface area (Å²) < 4.78 is 5.82. The molecule has 3 heteroatoms. The molecule has 0 N–H and O–H groups in total. The molecule has 23 heavy (non-hydrogen) atoms. The van der Waals surface area contributed by atoms with Crippen LogP contribution < -0.4 is 4.74 Å². The van der Waals surface area contributed by atoms with Gasteiger partial charge in [0, 0.05) is 10.9 Å². The lowest BCUT2D eigenvalue weighted by atomic mass is 9.83. The summed E-state index contributed by atoms with van der Waals surface area (Å²) in [5.74, 6) is 0.531. The monoisotopic (exact) mass is 317 g/mol. The van der Waals surface area contributed by atoms with Gasteiger partial charge in [-0.3, -0.25) is 0 Å². The van der Waals surface area contributed by atoms with Crippen molar-refractivity contribution in [3.63, 3.8) is 0 Å². The maximum absolute atomic E-state index is 9.56. The fourth-order valence-corrected chi connectivity index (χ4v) is 3.34. The molecule has 3 aromatic rings. The Kier molecular flexibility index (Phi) is 3.29. The zero-order valence-corrected chi connectivity index (χ0v) is 12.9. The van der Waals surface area contributed by atoms with Crippen molar-refractivity contribution in [2.75, 3.05) is 0 Å². The third kappa shape index (κ3) is 2.18. The van der Waals surface area contributed by atoms with Crippen LogP contribution in [-0.2, 0) is 0 Å². The van der Waals surface area contributed by atoms with Crippen molar-refractivity contribution in [1.82, 2.24) is 0 Å². The molecule has 2 nitrogen and oxygen atoms in total. The number of ether oxygens (including phenoxy) is 1. The van der Waals surface area contributed by atoms with Gasteiger partial charge >= 0.3 is 0 Å². The molecule has 0 aliphatic carbocycles. The summed E-state index contributed by atoms with van der Waals surface area (Å²) in [5, 5.41) is 11.8. The van der Waals surface area contributed by atoms with Crippen LogP contribution in [0.5, 0.6) is 5.75 Å². The van der Waals surface area contributed by atoms with E-state index < -0.39 is 0 Å². The zero-order valence-electron chi connectivity index (χ0n) is 12.2. The van der Waals surface area contributed by atoms with E-state index in [0.717, 1.165) is 27.6 Å². The fraction of sp³-hybridized carbons (Fsp3) is 0.0500. The fourth-order valence-electron chi connectivity index (χ4n) is 3.11. The third-order valence-electron chi connectivity index (χ3n) is 4.17. The summed E-state index contributed by atoms with van der Waals surface area (Å²) in [4.78, 5) is 0. The average molecular weight is 318 g/mol. The van der Waals surface area contributed by atoms with Gasteiger partial charge in [-0.25, -0.2) is 0 Å². The number of benzene rings is 3. The molecule has 3 aromatic carbocycles. The second-order valence-electron chi connectivity index (χ2n) is 5.45. The molecule has 0 saturated heterocycles. The maximum Gasteiger partial charge on any atom is 0.208 e. The molecule has 0 fully saturated rings. The second kappa shape index (κ2) is 5.46. The first-order chi connectivity index (χ1) is 11.3. The Morgan fingerprint density at radius 3 is 2.43 bits per heavy atom. The van der Waals surface area contributed by atoms with Crippen LogP contribution in [0.2, 0.25) is 0 Å². The van der Waals surface area contributed by atoms with Crippen molar-refractivity contribution in [3.8, 4) is 11.8 Å². The van der Waals surface area contributed by atoms with E-state index in [1.807, 2.05) is 60.7 Å². The highest BCUT2D eigenvalue weighted by molar-refractivity contribution is 6.29. The molecule has 1 aliphatic heterocycles. The Morgan fingerprint density at radius 1 is 0.913 bits per heavy atom. The number of nitriles is 1. The molecule has 1 unspecified atom stereocenters. The van der Waals surface area contributed by atoms with E-state index in [-0.39, 0.29) is 11.1 Å². The molecule has 1 aliphatic rings. The summed E-state index contributed by atoms with van der Waals surface area (Å²) in [6, 6.07) is 24.2. The normalized spacial score (nSPS) is 16.6. The summed E-state index contributed by atoms with van der Waals surface area (Å²) in [6.45, 7) is 0. The van der Waals surface area contributed by atoms with Crippen molar-refractivity contribution in [2.24, 2.45) is 0 Å². The summed E-state index contributed by atoms with van der Waals surface area (Å²) in [5.41, 5.74) is 2.44. The molecule has 0 aromatic heterocycles. The van der Waals surface area contributed by atoms with Gasteiger partial charge in [0.25, 0.3) is 0 Å². The molecule has 0 bridgehead atoms. The van der Waals surface area contributed by atoms with Crippen LogP contribution in [0, 0.1) is 11.3 Å². The van der Waals surface area contributed by atoms with Crippen LogP contribution in [0.1, 0.15) is 17.0 Å². The van der Waals surface area contributed by atoms with Gasteiger partial charge < -0.3 is 4.74 Å². The molecule has 0 amide bonds. The molecule has 110 valence electrons. The average Bonchev–Trinajstić information content (AvgIpc) is 2.61. The van der Waals surface area contributed by atoms with Gasteiger partial charge in [0.05, 0.1) is 11.5 Å². The van der Waals surface area contributed by atoms with Crippen molar-refractivity contribution >= 4 is 22.4 Å². The van der Waals surface area contributed by atoms with Crippen molar-refractivity contribution in [3.05, 3.63) is 88.6 Å². The molecule has 0 radical (unpaired) electrons. The van der Waals surface area contributed by atoms with Crippen LogP contribution >= 0.6 is 11.6 Å². The number of hydrogen-bond acceptors (Lipinski definition) is 2. The Balaban J connectivity index is 2.03. The zero-order chi connectivity index (χ0) is 15.8. The smallest absolute Gasteiger partial charge is 0.208 e. The number of nitrogens with zero attached hydrogens (tertiary/aromatic N) is 1. The Bertz CT molecular complexity index is 970. The third-order valence-corrected chi connectivity index (χ3v) is 4.45. The lowest BCUT2D eigenvalue weighted by Crippen LogP contribution is -2.14. The predicted octanol–water partition coefficient (Wildman–Crippen LogP) is 5.34. The van der Waals surface area contributed by atoms with Gasteiger partial charge in [0.2, 0.25) is 5.22 Å². The van der Waals surface area contributed by atoms with E-state index in [9.17, 15) is 5.26 Å². The Labute approximate surface area is 139 Å². The van der Waals surface area contributed by atoms with Crippen molar-refractivity contribution in [2.45, 2.75) is 5.92 Å². The first-order valence-corrected chi connectivity index (χ1v) is 7.71. The van der Waals surface area contributed by atoms with Gasteiger partial charge in [0.15, 0.2) is 0 Å². The highest BCUT2D eigenvalue weighted by Gasteiger charge is 2.31. The van der Waals surface area contributed by atoms with Gasteiger partial charge in [-0.15, -0.1) is 0 Å². The summed E-state index contributed by atoms with van der Waals surface area (Å²) in [7, 11) is 0. The molecular formula is C20H12ClNO. The van der Waals surface area contributed by atoms with E-state index in [0.29, 0.717) is 5.57 Å². The largest absolute Gasteiger partial charge is 0.443 e. The van der Waals surface area contributed by atoms with E-state index in [2.05, 4.69) is 12.1 Å². The molecule has 0 spiro atoms. The van der Waals surface area contributed by atoms with Crippen LogP contribution in [0.25, 0.3) is 10.8 Å². The Hall–Kier alpha value is -2.76. The molecule has 0 saturated carbocycles. The van der Waals surface area contributed by atoms with Crippen LogP contribution in [-0.4, -0.2) is 0 Å². The quantitative estimate of drug-likeness (QED) is 0.607. The van der Waals surface area contributed by atoms with Crippen LogP contribution in [0.3, 0.4) is 0 Å². The minimum Gasteiger partial charge on any atom is -0.443 e. The van der Waals surface area contributed by atoms with Crippen molar-refractivity contribution in [1.29, 1.82) is 5.26 Å². The number of halogens is 1. The second-order valence-corrected chi connectivity index (χ2v) is 5.79. The predicted molar refractivity (Wildman–Crippen MR) is 91.4 cm³/mol. The lowest BCUT2D eigenvalue weighted by Gasteiger charge is -2.27. The van der Waals surface area contributed by atoms with E-state index in [4.69, 9.17) is 16.3 Å². The molecule has 1 heterocycles. The van der Waals surface area contributed by atoms with E-state index in [1.165, 1.54) is 0 Å². The van der Waals surface area contributed by atoms with Gasteiger partial charge in [-0.1, -0.05) is 66.7 Å². The van der Waals surface area contributed by atoms with Gasteiger partial charge in [-0.05, 0) is 22.6 Å². The molecule has 1 atom stereocenters. The maximum atomic E-state index is 9.56. The van der Waals surface area contributed by atoms with Crippen molar-refractivity contribution < 1.29 is 4.74 Å². The molecule has 4 rings (SSSR count). The van der Waals surface area contributed by atoms with Crippen LogP contribution in [0.4, 0.5) is 0 Å². The van der Waals surface area contributed by atoms with E-state index >= 15 is 0 Å². The number of allylic oxidation sites excluding steroid dienone is 1. The lowest BCUT2D eigenvalue weighted by molar-refractivity contribution is 0.440. The van der Waals surface area contributed by atoms with E-state index in [1.54, 1.807) is 0 Å². The topological polar surface area (TPSA) is 33.0 Å². The summed E-state index contributed by atoms with van der Waals surface area (Å²) in [6.07, 6.45) is 0. The molecular weight excluding hydrogens is 306 g/mol. The van der Waals surface area contributed by atoms with Gasteiger partial charge in [0.1, 0.15) is 11.8 Å². The minimum absolute atomic E-state index is 0.158. The highest BCUT2D eigenvalue weighted by atomic mass is 35.5. The highest BCUT2D eigenvalue weighted by Crippen LogP contribution is 2.46. The first kappa shape index (κ1) is 13.9. The number of hydrogen-bond donors (Lipinski definition) is 0. The standard InChI is InChI=1S/C20H12ClNO/c21-20-17(12-22)18(14-7-2-1-3-8-14)16-11-10-13-6-4-5-9-15(13)19(16)23-20/h1-11,18H. The number of fused-ring (bicyclic) bond motifs is 3. The number of rotatable bonds is 1. The summed E-state index contributed by atoms with van der Waals surface area (Å²) >= 11 is 6.29. The van der Waals surface area contributed by atoms with Crippen LogP contribution in [0.15, 0.2) is 77.5 Å². The first-order valence-electron chi connectivity index (χ1n) is 7.34. The minimum atomic E-state index is -0.206.